The molecule has 2 aliphatic rings. The first-order valence-corrected chi connectivity index (χ1v) is 20.2. The van der Waals surface area contributed by atoms with Crippen molar-refractivity contribution in [3.05, 3.63) is 119 Å². The molecule has 4 heterocycles. The van der Waals surface area contributed by atoms with Gasteiger partial charge in [-0.2, -0.15) is 0 Å². The van der Waals surface area contributed by atoms with Gasteiger partial charge < -0.3 is 29.2 Å². The van der Waals surface area contributed by atoms with Gasteiger partial charge >= 0.3 is 0 Å². The number of halogens is 3. The molecule has 0 amide bonds. The van der Waals surface area contributed by atoms with Crippen LogP contribution in [0.25, 0.3) is 21.9 Å². The Hall–Kier alpha value is -3.87. The Labute approximate surface area is 367 Å². The van der Waals surface area contributed by atoms with E-state index in [-0.39, 0.29) is 62.0 Å². The second kappa shape index (κ2) is 22.7. The Kier molecular flexibility index (Phi) is 18.4. The minimum Gasteiger partial charge on any atom is -0.366 e. The van der Waals surface area contributed by atoms with Crippen LogP contribution in [0.3, 0.4) is 0 Å². The highest BCUT2D eigenvalue weighted by Crippen LogP contribution is 2.35. The zero-order valence-electron chi connectivity index (χ0n) is 35.0. The molecule has 6 unspecified atom stereocenters. The van der Waals surface area contributed by atoms with E-state index in [9.17, 15) is 0 Å². The van der Waals surface area contributed by atoms with Gasteiger partial charge in [0.1, 0.15) is 12.5 Å². The number of nitrogens with one attached hydrogen (secondary N) is 2. The number of anilines is 2. The molecule has 2 saturated heterocycles. The van der Waals surface area contributed by atoms with E-state index in [1.165, 1.54) is 22.3 Å². The summed E-state index contributed by atoms with van der Waals surface area (Å²) in [7, 11) is 7.83. The number of aryl methyl sites for hydroxylation is 2. The number of piperidine rings is 2. The number of fused-ring (bicyclic) bond motifs is 2. The summed E-state index contributed by atoms with van der Waals surface area (Å²) in [4.78, 5) is 4.55. The third-order valence-corrected chi connectivity index (χ3v) is 11.9. The van der Waals surface area contributed by atoms with E-state index in [4.69, 9.17) is 18.5 Å². The Morgan fingerprint density at radius 2 is 0.949 bits per heavy atom. The molecular weight excluding hydrogens is 807 g/mol. The molecule has 13 heteroatoms. The van der Waals surface area contributed by atoms with Crippen molar-refractivity contribution in [3.63, 3.8) is 0 Å². The molecule has 4 aromatic carbocycles. The lowest BCUT2D eigenvalue weighted by Gasteiger charge is -2.42. The SMILES string of the molecule is CCc1cccc2onc(NC3CC(Cc4ccccc4)CC(OC)N3C)c12.CCc1cccc2onc(NC3CC(Cc4ccccc4)CC(OC)N3C)c12.Cl.Cl.Cl. The van der Waals surface area contributed by atoms with Crippen molar-refractivity contribution in [1.29, 1.82) is 0 Å². The summed E-state index contributed by atoms with van der Waals surface area (Å²) in [5, 5.41) is 18.2. The maximum absolute atomic E-state index is 5.80. The van der Waals surface area contributed by atoms with Gasteiger partial charge in [-0.3, -0.25) is 9.80 Å². The number of aromatic nitrogens is 2. The Morgan fingerprint density at radius 1 is 0.559 bits per heavy atom. The second-order valence-electron chi connectivity index (χ2n) is 15.4. The monoisotopic (exact) mass is 866 g/mol. The summed E-state index contributed by atoms with van der Waals surface area (Å²) in [6.45, 7) is 4.32. The molecule has 6 atom stereocenters. The number of hydrogen-bond acceptors (Lipinski definition) is 10. The van der Waals surface area contributed by atoms with Crippen LogP contribution in [0.2, 0.25) is 0 Å². The number of likely N-dealkylation sites (tertiary alicyclic amines) is 2. The van der Waals surface area contributed by atoms with E-state index in [1.807, 2.05) is 24.3 Å². The quantitative estimate of drug-likeness (QED) is 0.124. The van der Waals surface area contributed by atoms with Gasteiger partial charge in [-0.05, 0) is 112 Å². The largest absolute Gasteiger partial charge is 0.366 e. The molecule has 8 rings (SSSR count). The Bertz CT molecular complexity index is 1990. The molecule has 2 fully saturated rings. The molecule has 10 nitrogen and oxygen atoms in total. The molecule has 0 aliphatic carbocycles. The summed E-state index contributed by atoms with van der Waals surface area (Å²) >= 11 is 0. The third kappa shape index (κ3) is 11.3. The van der Waals surface area contributed by atoms with E-state index in [0.717, 1.165) is 84.9 Å². The standard InChI is InChI=1S/2C23H29N3O2.3ClH/c2*1-4-18-11-8-12-19-22(18)23(25-28-19)24-20-14-17(15-21(27-3)26(20)2)13-16-9-6-5-7-10-16;;;/h2*5-12,17,20-21H,4,13-15H2,1-3H3,(H,24,25);3*1H. The third-order valence-electron chi connectivity index (χ3n) is 11.9. The predicted molar refractivity (Wildman–Crippen MR) is 246 cm³/mol. The smallest absolute Gasteiger partial charge is 0.178 e. The maximum atomic E-state index is 5.80. The van der Waals surface area contributed by atoms with Crippen molar-refractivity contribution in [2.45, 2.75) is 90.0 Å². The molecule has 0 spiro atoms. The number of benzene rings is 4. The highest BCUT2D eigenvalue weighted by Gasteiger charge is 2.35. The lowest BCUT2D eigenvalue weighted by atomic mass is 9.87. The van der Waals surface area contributed by atoms with Crippen LogP contribution in [0.4, 0.5) is 11.6 Å². The van der Waals surface area contributed by atoms with Crippen molar-refractivity contribution in [3.8, 4) is 0 Å². The second-order valence-corrected chi connectivity index (χ2v) is 15.4. The number of nitrogens with zero attached hydrogens (tertiary/aromatic N) is 4. The summed E-state index contributed by atoms with van der Waals surface area (Å²) < 4.78 is 22.8. The fourth-order valence-electron chi connectivity index (χ4n) is 8.76. The molecule has 0 radical (unpaired) electrons. The van der Waals surface area contributed by atoms with Gasteiger partial charge in [0.05, 0.1) is 23.1 Å². The average molecular weight is 868 g/mol. The van der Waals surface area contributed by atoms with Crippen molar-refractivity contribution >= 4 is 70.8 Å². The van der Waals surface area contributed by atoms with Gasteiger partial charge in [0.2, 0.25) is 0 Å². The van der Waals surface area contributed by atoms with Crippen LogP contribution in [0.5, 0.6) is 0 Å². The van der Waals surface area contributed by atoms with Gasteiger partial charge in [-0.25, -0.2) is 0 Å². The molecular formula is C46H61Cl3N6O4. The van der Waals surface area contributed by atoms with Crippen molar-refractivity contribution in [1.82, 2.24) is 20.1 Å². The van der Waals surface area contributed by atoms with Crippen LogP contribution in [-0.2, 0) is 35.2 Å². The molecule has 2 N–H and O–H groups in total. The topological polar surface area (TPSA) is 101 Å². The molecule has 320 valence electrons. The van der Waals surface area contributed by atoms with Gasteiger partial charge in [0.25, 0.3) is 0 Å². The van der Waals surface area contributed by atoms with Crippen LogP contribution in [-0.4, -0.2) is 73.2 Å². The minimum absolute atomic E-state index is 0. The first kappa shape index (κ1) is 47.8. The van der Waals surface area contributed by atoms with Crippen LogP contribution in [0.15, 0.2) is 106 Å². The lowest BCUT2D eigenvalue weighted by Crippen LogP contribution is -2.51. The molecule has 6 aromatic rings. The first-order valence-electron chi connectivity index (χ1n) is 20.2. The molecule has 0 bridgehead atoms. The van der Waals surface area contributed by atoms with Gasteiger partial charge in [0.15, 0.2) is 22.8 Å². The van der Waals surface area contributed by atoms with Crippen LogP contribution >= 0.6 is 37.2 Å². The zero-order valence-corrected chi connectivity index (χ0v) is 37.5. The highest BCUT2D eigenvalue weighted by molar-refractivity contribution is 5.92. The Morgan fingerprint density at radius 3 is 1.31 bits per heavy atom. The van der Waals surface area contributed by atoms with Crippen molar-refractivity contribution < 1.29 is 18.5 Å². The van der Waals surface area contributed by atoms with E-state index in [1.54, 1.807) is 14.2 Å². The summed E-state index contributed by atoms with van der Waals surface area (Å²) in [6.07, 6.45) is 8.61. The maximum Gasteiger partial charge on any atom is 0.178 e. The normalized spacial score (nSPS) is 22.0. The Balaban J connectivity index is 0.000000248. The van der Waals surface area contributed by atoms with Crippen LogP contribution in [0, 0.1) is 11.8 Å². The minimum atomic E-state index is 0. The molecule has 2 aliphatic heterocycles. The predicted octanol–water partition coefficient (Wildman–Crippen LogP) is 10.6. The van der Waals surface area contributed by atoms with E-state index < -0.39 is 0 Å². The fourth-order valence-corrected chi connectivity index (χ4v) is 8.76. The number of methoxy groups -OCH3 is 2. The lowest BCUT2D eigenvalue weighted by molar-refractivity contribution is -0.0780. The highest BCUT2D eigenvalue weighted by atomic mass is 35.5. The molecule has 2 aromatic heterocycles. The summed E-state index contributed by atoms with van der Waals surface area (Å²) in [5.74, 6) is 2.76. The van der Waals surface area contributed by atoms with Gasteiger partial charge in [-0.15, -0.1) is 37.2 Å². The van der Waals surface area contributed by atoms with Gasteiger partial charge in [0, 0.05) is 14.2 Å². The molecule has 0 saturated carbocycles. The zero-order chi connectivity index (χ0) is 39.0. The van der Waals surface area contributed by atoms with Crippen LogP contribution in [0.1, 0.15) is 61.8 Å². The molecule has 59 heavy (non-hydrogen) atoms. The van der Waals surface area contributed by atoms with Gasteiger partial charge in [-0.1, -0.05) is 109 Å². The van der Waals surface area contributed by atoms with E-state index in [0.29, 0.717) is 11.8 Å². The van der Waals surface area contributed by atoms with E-state index in [2.05, 4.69) is 131 Å². The van der Waals surface area contributed by atoms with Crippen molar-refractivity contribution in [2.75, 3.05) is 38.9 Å². The number of ether oxygens (including phenoxy) is 2. The average Bonchev–Trinajstić information content (AvgIpc) is 3.85. The van der Waals surface area contributed by atoms with E-state index >= 15 is 0 Å². The fraction of sp³-hybridized carbons (Fsp3) is 0.435. The summed E-state index contributed by atoms with van der Waals surface area (Å²) in [5.41, 5.74) is 6.94. The van der Waals surface area contributed by atoms with Crippen LogP contribution < -0.4 is 10.6 Å². The first-order chi connectivity index (χ1) is 27.4. The number of hydrogen-bond donors (Lipinski definition) is 2. The summed E-state index contributed by atoms with van der Waals surface area (Å²) in [6, 6.07) is 33.7. The van der Waals surface area contributed by atoms with Crippen molar-refractivity contribution in [2.24, 2.45) is 11.8 Å². The number of rotatable bonds is 12.